The fourth-order valence-corrected chi connectivity index (χ4v) is 8.49. The van der Waals surface area contributed by atoms with Crippen molar-refractivity contribution >= 4 is 65.2 Å². The third-order valence-corrected chi connectivity index (χ3v) is 11.2. The van der Waals surface area contributed by atoms with Crippen molar-refractivity contribution in [2.24, 2.45) is 0 Å². The van der Waals surface area contributed by atoms with Crippen molar-refractivity contribution in [2.45, 2.75) is 0 Å². The van der Waals surface area contributed by atoms with Crippen LogP contribution in [0.2, 0.25) is 0 Å². The summed E-state index contributed by atoms with van der Waals surface area (Å²) in [6.45, 7) is 0. The molecule has 7 heteroatoms. The van der Waals surface area contributed by atoms with Crippen molar-refractivity contribution in [3.8, 4) is 45.9 Å². The Morgan fingerprint density at radius 3 is 1.48 bits per heavy atom. The van der Waals surface area contributed by atoms with E-state index in [0.717, 1.165) is 71.2 Å². The van der Waals surface area contributed by atoms with Gasteiger partial charge in [-0.05, 0) is 76.1 Å². The number of rotatable bonds is 5. The van der Waals surface area contributed by atoms with E-state index in [1.807, 2.05) is 6.07 Å². The second-order valence-corrected chi connectivity index (χ2v) is 14.6. The summed E-state index contributed by atoms with van der Waals surface area (Å²) in [6.07, 6.45) is 1.80. The minimum Gasteiger partial charge on any atom is -0.309 e. The number of hydrogen-bond donors (Lipinski definition) is 0. The first-order valence-electron chi connectivity index (χ1n) is 19.3. The summed E-state index contributed by atoms with van der Waals surface area (Å²) in [4.78, 5) is 25.4. The third-order valence-electron chi connectivity index (χ3n) is 11.2. The average Bonchev–Trinajstić information content (AvgIpc) is 3.80. The zero-order valence-electron chi connectivity index (χ0n) is 31.0. The second-order valence-electron chi connectivity index (χ2n) is 14.6. The molecule has 0 unspecified atom stereocenters. The van der Waals surface area contributed by atoms with E-state index in [-0.39, 0.29) is 0 Å². The fraction of sp³-hybridized carbons (Fsp3) is 0. The Kier molecular flexibility index (Phi) is 7.09. The van der Waals surface area contributed by atoms with Gasteiger partial charge in [-0.2, -0.15) is 0 Å². The summed E-state index contributed by atoms with van der Waals surface area (Å²) in [6, 6.07) is 63.4. The Bertz CT molecular complexity index is 3490. The number of fused-ring (bicyclic) bond motifs is 8. The number of aromatic nitrogens is 7. The standard InChI is InChI=1S/C51H31N7/c1-2-16-38(17-3-1)57-44-20-10-8-18-39(44)41-30-42-40-19-9-11-21-45(40)58(47(42)31-46(41)57)51-52-27-26-43(53-51)50-55-48(36-24-22-32-12-4-6-14-34(32)28-36)54-49(56-50)37-25-23-33-13-5-7-15-35(33)29-37/h1-31H. The van der Waals surface area contributed by atoms with E-state index >= 15 is 0 Å². The Morgan fingerprint density at radius 1 is 0.328 bits per heavy atom. The van der Waals surface area contributed by atoms with Gasteiger partial charge in [-0.1, -0.05) is 127 Å². The van der Waals surface area contributed by atoms with Crippen LogP contribution in [0, 0.1) is 0 Å². The Hall–Kier alpha value is -8.03. The van der Waals surface area contributed by atoms with Gasteiger partial charge in [0.1, 0.15) is 5.69 Å². The molecule has 4 heterocycles. The van der Waals surface area contributed by atoms with Crippen LogP contribution in [0.3, 0.4) is 0 Å². The van der Waals surface area contributed by atoms with E-state index in [4.69, 9.17) is 24.9 Å². The van der Waals surface area contributed by atoms with Crippen LogP contribution in [-0.4, -0.2) is 34.1 Å². The molecule has 8 aromatic carbocycles. The number of benzene rings is 8. The molecule has 270 valence electrons. The van der Waals surface area contributed by atoms with E-state index in [1.165, 1.54) is 10.8 Å². The lowest BCUT2D eigenvalue weighted by molar-refractivity contribution is 0.975. The largest absolute Gasteiger partial charge is 0.309 e. The highest BCUT2D eigenvalue weighted by molar-refractivity contribution is 6.19. The summed E-state index contributed by atoms with van der Waals surface area (Å²) >= 11 is 0. The predicted molar refractivity (Wildman–Crippen MR) is 235 cm³/mol. The summed E-state index contributed by atoms with van der Waals surface area (Å²) in [5, 5.41) is 9.20. The average molecular weight is 742 g/mol. The Morgan fingerprint density at radius 2 is 0.845 bits per heavy atom. The third kappa shape index (κ3) is 5.11. The number of para-hydroxylation sites is 3. The van der Waals surface area contributed by atoms with Crippen LogP contribution in [0.4, 0.5) is 0 Å². The lowest BCUT2D eigenvalue weighted by Gasteiger charge is -2.11. The van der Waals surface area contributed by atoms with Crippen molar-refractivity contribution in [3.05, 3.63) is 188 Å². The van der Waals surface area contributed by atoms with Crippen LogP contribution in [0.15, 0.2) is 188 Å². The van der Waals surface area contributed by atoms with Gasteiger partial charge in [0.05, 0.1) is 22.1 Å². The fourth-order valence-electron chi connectivity index (χ4n) is 8.49. The highest BCUT2D eigenvalue weighted by Crippen LogP contribution is 2.39. The number of nitrogens with zero attached hydrogens (tertiary/aromatic N) is 7. The zero-order valence-corrected chi connectivity index (χ0v) is 31.0. The molecule has 12 aromatic rings. The molecule has 0 fully saturated rings. The molecule has 4 aromatic heterocycles. The van der Waals surface area contributed by atoms with Gasteiger partial charge in [0.2, 0.25) is 5.95 Å². The summed E-state index contributed by atoms with van der Waals surface area (Å²) < 4.78 is 4.51. The monoisotopic (exact) mass is 741 g/mol. The molecule has 0 N–H and O–H groups in total. The van der Waals surface area contributed by atoms with Gasteiger partial charge in [-0.3, -0.25) is 4.57 Å². The smallest absolute Gasteiger partial charge is 0.235 e. The quantitative estimate of drug-likeness (QED) is 0.176. The topological polar surface area (TPSA) is 74.3 Å². The summed E-state index contributed by atoms with van der Waals surface area (Å²) in [5.41, 5.74) is 7.80. The molecular weight excluding hydrogens is 711 g/mol. The van der Waals surface area contributed by atoms with Crippen LogP contribution in [0.1, 0.15) is 0 Å². The van der Waals surface area contributed by atoms with Gasteiger partial charge < -0.3 is 4.57 Å². The predicted octanol–water partition coefficient (Wildman–Crippen LogP) is 12.2. The first kappa shape index (κ1) is 32.2. The van der Waals surface area contributed by atoms with Crippen LogP contribution in [0.5, 0.6) is 0 Å². The van der Waals surface area contributed by atoms with Gasteiger partial charge >= 0.3 is 0 Å². The molecule has 0 atom stereocenters. The maximum Gasteiger partial charge on any atom is 0.235 e. The minimum atomic E-state index is 0.470. The second kappa shape index (κ2) is 12.8. The molecule has 0 saturated heterocycles. The molecule has 0 saturated carbocycles. The van der Waals surface area contributed by atoms with Crippen molar-refractivity contribution in [1.82, 2.24) is 34.1 Å². The lowest BCUT2D eigenvalue weighted by Crippen LogP contribution is -2.05. The van der Waals surface area contributed by atoms with E-state index in [1.54, 1.807) is 6.20 Å². The van der Waals surface area contributed by atoms with Crippen molar-refractivity contribution in [3.63, 3.8) is 0 Å². The molecular formula is C51H31N7. The molecule has 0 amide bonds. The van der Waals surface area contributed by atoms with Crippen LogP contribution < -0.4 is 0 Å². The molecule has 12 rings (SSSR count). The lowest BCUT2D eigenvalue weighted by atomic mass is 10.1. The van der Waals surface area contributed by atoms with E-state index < -0.39 is 0 Å². The summed E-state index contributed by atoms with van der Waals surface area (Å²) in [7, 11) is 0. The molecule has 0 aliphatic heterocycles. The summed E-state index contributed by atoms with van der Waals surface area (Å²) in [5.74, 6) is 2.15. The van der Waals surface area contributed by atoms with Crippen LogP contribution in [-0.2, 0) is 0 Å². The van der Waals surface area contributed by atoms with Crippen molar-refractivity contribution in [1.29, 1.82) is 0 Å². The SMILES string of the molecule is c1ccc(-n2c3ccccc3c3cc4c5ccccc5n(-c5nccc(-c6nc(-c7ccc8ccccc8c7)nc(-c7ccc8ccccc8c7)n6)n5)c4cc32)cc1. The zero-order chi connectivity index (χ0) is 38.2. The highest BCUT2D eigenvalue weighted by Gasteiger charge is 2.21. The first-order chi connectivity index (χ1) is 28.7. The van der Waals surface area contributed by atoms with E-state index in [9.17, 15) is 0 Å². The Balaban J connectivity index is 1.08. The van der Waals surface area contributed by atoms with Gasteiger partial charge in [0.15, 0.2) is 17.5 Å². The maximum atomic E-state index is 5.25. The molecule has 0 aliphatic rings. The molecule has 0 spiro atoms. The Labute approximate surface area is 332 Å². The number of hydrogen-bond acceptors (Lipinski definition) is 5. The maximum absolute atomic E-state index is 5.25. The van der Waals surface area contributed by atoms with Crippen LogP contribution >= 0.6 is 0 Å². The molecule has 0 aliphatic carbocycles. The molecule has 0 bridgehead atoms. The van der Waals surface area contributed by atoms with Gasteiger partial charge in [-0.25, -0.2) is 24.9 Å². The van der Waals surface area contributed by atoms with Crippen molar-refractivity contribution < 1.29 is 0 Å². The normalized spacial score (nSPS) is 11.8. The molecule has 58 heavy (non-hydrogen) atoms. The van der Waals surface area contributed by atoms with Gasteiger partial charge in [0, 0.05) is 44.6 Å². The van der Waals surface area contributed by atoms with Gasteiger partial charge in [-0.15, -0.1) is 0 Å². The van der Waals surface area contributed by atoms with Gasteiger partial charge in [0.25, 0.3) is 0 Å². The minimum absolute atomic E-state index is 0.470. The molecule has 7 nitrogen and oxygen atoms in total. The molecule has 0 radical (unpaired) electrons. The highest BCUT2D eigenvalue weighted by atomic mass is 15.2. The van der Waals surface area contributed by atoms with Crippen molar-refractivity contribution in [2.75, 3.05) is 0 Å². The first-order valence-corrected chi connectivity index (χ1v) is 19.3. The van der Waals surface area contributed by atoms with Crippen LogP contribution in [0.25, 0.3) is 111 Å². The van der Waals surface area contributed by atoms with E-state index in [0.29, 0.717) is 29.1 Å². The van der Waals surface area contributed by atoms with E-state index in [2.05, 4.69) is 185 Å².